The van der Waals surface area contributed by atoms with Crippen LogP contribution in [0.3, 0.4) is 0 Å². The van der Waals surface area contributed by atoms with Crippen molar-refractivity contribution in [3.05, 3.63) is 45.2 Å². The Labute approximate surface area is 206 Å². The van der Waals surface area contributed by atoms with Crippen LogP contribution in [0.5, 0.6) is 0 Å². The molecule has 2 saturated heterocycles. The zero-order valence-electron chi connectivity index (χ0n) is 18.9. The highest BCUT2D eigenvalue weighted by Gasteiger charge is 2.33. The Morgan fingerprint density at radius 2 is 2.09 bits per heavy atom. The number of thiocarbonyl (C=S) groups is 1. The van der Waals surface area contributed by atoms with Gasteiger partial charge in [0.05, 0.1) is 10.5 Å². The van der Waals surface area contributed by atoms with Gasteiger partial charge in [-0.15, -0.1) is 0 Å². The normalized spacial score (nSPS) is 18.4. The van der Waals surface area contributed by atoms with E-state index in [1.54, 1.807) is 29.3 Å². The van der Waals surface area contributed by atoms with Crippen molar-refractivity contribution in [1.29, 1.82) is 0 Å². The number of pyridine rings is 1. The molecule has 11 heteroatoms. The van der Waals surface area contributed by atoms with E-state index in [0.717, 1.165) is 0 Å². The quantitative estimate of drug-likeness (QED) is 0.332. The van der Waals surface area contributed by atoms with E-state index < -0.39 is 0 Å². The van der Waals surface area contributed by atoms with Gasteiger partial charge in [0.15, 0.2) is 0 Å². The van der Waals surface area contributed by atoms with Gasteiger partial charge in [-0.1, -0.05) is 30.0 Å². The third-order valence-electron chi connectivity index (χ3n) is 5.97. The van der Waals surface area contributed by atoms with Gasteiger partial charge in [-0.25, -0.2) is 4.98 Å². The van der Waals surface area contributed by atoms with E-state index in [2.05, 4.69) is 0 Å². The number of rotatable bonds is 8. The lowest BCUT2D eigenvalue weighted by Crippen LogP contribution is -2.40. The van der Waals surface area contributed by atoms with Crippen LogP contribution in [-0.4, -0.2) is 63.3 Å². The maximum absolute atomic E-state index is 13.5. The standard InChI is InChI=1S/C23H27N5O4S2/c1-2-32-13-5-10-28-22(31)17(34-23(28)33)14-16-20(26-11-7-15(8-12-26)19(24)29)25-18-6-3-4-9-27(18)21(16)30/h3-4,6,9,14-15H,2,5,7-8,10-13H2,1H3,(H2,24,29)/b17-14-. The molecule has 4 heterocycles. The van der Waals surface area contributed by atoms with Crippen LogP contribution < -0.4 is 16.2 Å². The number of hydrogen-bond donors (Lipinski definition) is 1. The fourth-order valence-corrected chi connectivity index (χ4v) is 5.42. The Morgan fingerprint density at radius 3 is 2.79 bits per heavy atom. The fourth-order valence-electron chi connectivity index (χ4n) is 4.13. The highest BCUT2D eigenvalue weighted by Crippen LogP contribution is 2.34. The molecule has 4 rings (SSSR count). The zero-order valence-corrected chi connectivity index (χ0v) is 20.6. The molecule has 2 aromatic heterocycles. The van der Waals surface area contributed by atoms with Gasteiger partial charge < -0.3 is 15.4 Å². The number of primary amides is 1. The number of thioether (sulfide) groups is 1. The van der Waals surface area contributed by atoms with Crippen molar-refractivity contribution in [2.75, 3.05) is 37.7 Å². The first kappa shape index (κ1) is 24.4. The number of fused-ring (bicyclic) bond motifs is 1. The minimum atomic E-state index is -0.306. The van der Waals surface area contributed by atoms with E-state index in [9.17, 15) is 14.4 Å². The molecule has 0 radical (unpaired) electrons. The molecule has 0 aromatic carbocycles. The second-order valence-corrected chi connectivity index (χ2v) is 9.81. The molecule has 2 aliphatic rings. The average Bonchev–Trinajstić information content (AvgIpc) is 3.10. The van der Waals surface area contributed by atoms with Gasteiger partial charge >= 0.3 is 0 Å². The Hall–Kier alpha value is -2.76. The Kier molecular flexibility index (Phi) is 7.64. The maximum Gasteiger partial charge on any atom is 0.267 e. The molecule has 0 atom stereocenters. The van der Waals surface area contributed by atoms with E-state index in [-0.39, 0.29) is 23.3 Å². The molecule has 2 aliphatic heterocycles. The Bertz CT molecular complexity index is 1200. The topological polar surface area (TPSA) is 110 Å². The Balaban J connectivity index is 1.68. The summed E-state index contributed by atoms with van der Waals surface area (Å²) in [5, 5.41) is 0. The van der Waals surface area contributed by atoms with Crippen LogP contribution in [-0.2, 0) is 14.3 Å². The fraction of sp³-hybridized carbons (Fsp3) is 0.435. The molecule has 0 saturated carbocycles. The molecule has 9 nitrogen and oxygen atoms in total. The Morgan fingerprint density at radius 1 is 1.32 bits per heavy atom. The van der Waals surface area contributed by atoms with E-state index in [1.807, 2.05) is 17.9 Å². The summed E-state index contributed by atoms with van der Waals surface area (Å²) in [4.78, 5) is 46.8. The van der Waals surface area contributed by atoms with Crippen LogP contribution in [0, 0.1) is 5.92 Å². The highest BCUT2D eigenvalue weighted by atomic mass is 32.2. The number of aromatic nitrogens is 2. The van der Waals surface area contributed by atoms with Crippen molar-refractivity contribution in [3.63, 3.8) is 0 Å². The van der Waals surface area contributed by atoms with Crippen LogP contribution in [0.1, 0.15) is 31.7 Å². The first-order chi connectivity index (χ1) is 16.4. The lowest BCUT2D eigenvalue weighted by molar-refractivity contribution is -0.123. The summed E-state index contributed by atoms with van der Waals surface area (Å²) in [6, 6.07) is 5.34. The van der Waals surface area contributed by atoms with Crippen LogP contribution in [0.2, 0.25) is 0 Å². The van der Waals surface area contributed by atoms with E-state index in [4.69, 9.17) is 27.7 Å². The summed E-state index contributed by atoms with van der Waals surface area (Å²) in [5.41, 5.74) is 6.06. The number of nitrogens with two attached hydrogens (primary N) is 1. The smallest absolute Gasteiger partial charge is 0.267 e. The van der Waals surface area contributed by atoms with E-state index in [1.165, 1.54) is 16.2 Å². The van der Waals surface area contributed by atoms with Crippen molar-refractivity contribution < 1.29 is 14.3 Å². The van der Waals surface area contributed by atoms with Crippen LogP contribution in [0.15, 0.2) is 34.1 Å². The van der Waals surface area contributed by atoms with Crippen molar-refractivity contribution in [2.45, 2.75) is 26.2 Å². The number of ether oxygens (including phenoxy) is 1. The second-order valence-electron chi connectivity index (χ2n) is 8.13. The van der Waals surface area contributed by atoms with Crippen LogP contribution in [0.25, 0.3) is 11.7 Å². The third-order valence-corrected chi connectivity index (χ3v) is 7.35. The highest BCUT2D eigenvalue weighted by molar-refractivity contribution is 8.26. The average molecular weight is 502 g/mol. The largest absolute Gasteiger partial charge is 0.382 e. The van der Waals surface area contributed by atoms with Crippen molar-refractivity contribution >= 4 is 57.7 Å². The molecular formula is C23H27N5O4S2. The summed E-state index contributed by atoms with van der Waals surface area (Å²) in [6.07, 6.45) is 5.11. The van der Waals surface area contributed by atoms with Crippen molar-refractivity contribution in [1.82, 2.24) is 14.3 Å². The molecule has 0 bridgehead atoms. The SMILES string of the molecule is CCOCCCN1C(=O)/C(=C/c2c(N3CCC(C(N)=O)CC3)nc3ccccn3c2=O)SC1=S. The lowest BCUT2D eigenvalue weighted by Gasteiger charge is -2.32. The van der Waals surface area contributed by atoms with Crippen LogP contribution >= 0.6 is 24.0 Å². The summed E-state index contributed by atoms with van der Waals surface area (Å²) >= 11 is 6.61. The molecule has 0 unspecified atom stereocenters. The molecule has 2 fully saturated rings. The van der Waals surface area contributed by atoms with Gasteiger partial charge in [0.2, 0.25) is 5.91 Å². The molecule has 2 aromatic rings. The van der Waals surface area contributed by atoms with Gasteiger partial charge in [-0.3, -0.25) is 23.7 Å². The maximum atomic E-state index is 13.5. The van der Waals surface area contributed by atoms with Crippen molar-refractivity contribution in [3.8, 4) is 0 Å². The molecule has 0 spiro atoms. The summed E-state index contributed by atoms with van der Waals surface area (Å²) in [7, 11) is 0. The van der Waals surface area contributed by atoms with Gasteiger partial charge in [-0.2, -0.15) is 0 Å². The minimum absolute atomic E-state index is 0.186. The van der Waals surface area contributed by atoms with Gasteiger partial charge in [-0.05, 0) is 44.4 Å². The predicted molar refractivity (Wildman–Crippen MR) is 137 cm³/mol. The summed E-state index contributed by atoms with van der Waals surface area (Å²) < 4.78 is 7.29. The number of anilines is 1. The molecule has 34 heavy (non-hydrogen) atoms. The van der Waals surface area contributed by atoms with Gasteiger partial charge in [0, 0.05) is 45.0 Å². The number of nitrogens with zero attached hydrogens (tertiary/aromatic N) is 4. The number of carbonyl (C=O) groups is 2. The summed E-state index contributed by atoms with van der Waals surface area (Å²) in [5.74, 6) is -0.211. The first-order valence-corrected chi connectivity index (χ1v) is 12.5. The molecular weight excluding hydrogens is 474 g/mol. The van der Waals surface area contributed by atoms with E-state index >= 15 is 0 Å². The van der Waals surface area contributed by atoms with E-state index in [0.29, 0.717) is 78.4 Å². The molecule has 2 amide bonds. The third kappa shape index (κ3) is 5.01. The molecule has 2 N–H and O–H groups in total. The van der Waals surface area contributed by atoms with Crippen LogP contribution in [0.4, 0.5) is 5.82 Å². The zero-order chi connectivity index (χ0) is 24.2. The van der Waals surface area contributed by atoms with Gasteiger partial charge in [0.25, 0.3) is 11.5 Å². The predicted octanol–water partition coefficient (Wildman–Crippen LogP) is 2.02. The van der Waals surface area contributed by atoms with Gasteiger partial charge in [0.1, 0.15) is 15.8 Å². The summed E-state index contributed by atoms with van der Waals surface area (Å²) in [6.45, 7) is 4.64. The number of carbonyl (C=O) groups excluding carboxylic acids is 2. The minimum Gasteiger partial charge on any atom is -0.382 e. The lowest BCUT2D eigenvalue weighted by atomic mass is 9.96. The number of amides is 2. The number of piperidine rings is 1. The number of hydrogen-bond acceptors (Lipinski definition) is 8. The molecule has 180 valence electrons. The second kappa shape index (κ2) is 10.7. The first-order valence-electron chi connectivity index (χ1n) is 11.3. The van der Waals surface area contributed by atoms with Crippen molar-refractivity contribution in [2.24, 2.45) is 11.7 Å². The molecule has 0 aliphatic carbocycles. The monoisotopic (exact) mass is 501 g/mol.